The maximum atomic E-state index is 14.9. The predicted octanol–water partition coefficient (Wildman–Crippen LogP) is 6.65. The highest BCUT2D eigenvalue weighted by Crippen LogP contribution is 2.33. The summed E-state index contributed by atoms with van der Waals surface area (Å²) in [7, 11) is 7.66. The number of nitrogens with zero attached hydrogens (tertiary/aromatic N) is 5. The predicted molar refractivity (Wildman–Crippen MR) is 326 cm³/mol. The van der Waals surface area contributed by atoms with E-state index in [0.717, 1.165) is 11.1 Å². The van der Waals surface area contributed by atoms with E-state index >= 15 is 0 Å². The lowest BCUT2D eigenvalue weighted by molar-refractivity contribution is -0.165. The highest BCUT2D eigenvalue weighted by atomic mass is 16.5. The number of esters is 2. The summed E-state index contributed by atoms with van der Waals surface area (Å²) in [5.41, 5.74) is 0.916. The Balaban J connectivity index is 1.32. The van der Waals surface area contributed by atoms with Gasteiger partial charge in [-0.3, -0.25) is 38.4 Å². The van der Waals surface area contributed by atoms with Crippen LogP contribution in [0.4, 0.5) is 5.69 Å². The van der Waals surface area contributed by atoms with Gasteiger partial charge in [0.25, 0.3) is 5.91 Å². The van der Waals surface area contributed by atoms with E-state index in [1.54, 1.807) is 37.4 Å². The number of benzene rings is 3. The van der Waals surface area contributed by atoms with Gasteiger partial charge in [0.1, 0.15) is 42.9 Å². The zero-order valence-corrected chi connectivity index (χ0v) is 52.5. The van der Waals surface area contributed by atoms with E-state index in [1.807, 2.05) is 70.2 Å². The fourth-order valence-electron chi connectivity index (χ4n) is 11.4. The molecule has 2 N–H and O–H groups in total. The molecule has 3 aliphatic heterocycles. The van der Waals surface area contributed by atoms with Crippen LogP contribution in [0.3, 0.4) is 0 Å². The van der Waals surface area contributed by atoms with Crippen molar-refractivity contribution in [3.63, 3.8) is 0 Å². The normalized spacial score (nSPS) is 23.5. The first-order chi connectivity index (χ1) is 41.3. The van der Waals surface area contributed by atoms with Gasteiger partial charge in [-0.1, -0.05) is 82.3 Å². The molecule has 2 saturated heterocycles. The van der Waals surface area contributed by atoms with Crippen molar-refractivity contribution in [1.29, 1.82) is 0 Å². The molecule has 3 aliphatic rings. The molecule has 87 heavy (non-hydrogen) atoms. The minimum Gasteiger partial charge on any atom is -0.493 e. The summed E-state index contributed by atoms with van der Waals surface area (Å²) in [6.07, 6.45) is 4.58. The fourth-order valence-corrected chi connectivity index (χ4v) is 11.4. The first kappa shape index (κ1) is 68.0. The molecule has 0 radical (unpaired) electrons. The molecule has 6 atom stereocenters. The Kier molecular flexibility index (Phi) is 24.6. The third-order valence-corrected chi connectivity index (χ3v) is 16.4. The maximum absolute atomic E-state index is 14.9. The summed E-state index contributed by atoms with van der Waals surface area (Å²) >= 11 is 0. The number of ether oxygens (including phenoxy) is 4. The highest BCUT2D eigenvalue weighted by Gasteiger charge is 2.45. The average molecular weight is 1200 g/mol. The Hall–Kier alpha value is -8.10. The van der Waals surface area contributed by atoms with E-state index in [2.05, 4.69) is 10.6 Å². The van der Waals surface area contributed by atoms with Crippen LogP contribution in [0.25, 0.3) is 0 Å². The third-order valence-electron chi connectivity index (χ3n) is 16.4. The van der Waals surface area contributed by atoms with Crippen LogP contribution in [0, 0.1) is 17.3 Å². The standard InChI is InChI=1S/C66H89N7O14/c1-42(2)37-51-60(78)68-48(38-44-21-13-12-14-22-44)61(79)71(9)58(43(3)4)63(81)72-36-20-26-49(72)62(80)69(7)34-17-16-27-57(76)86-41-66(5,6)59(77)64(82)73-35-18-15-25-50(73)65(83)87-52(30-28-45-29-31-53(84-10)54(39-45)85-11)46-23-19-24-47(40-46)67-55(74)32-33-56(75)70(51)8/h12-14,16,19,21-24,27,29,31,39-40,42-43,48-52,58H,15,17-18,20,25-26,28,30,32-38,41H2,1-11H3,(H,67,74)(H,68,78)/t48-,49+,50+,51+,52-,58+/m1/s1. The summed E-state index contributed by atoms with van der Waals surface area (Å²) in [5, 5.41) is 5.82. The number of amides is 7. The van der Waals surface area contributed by atoms with Crippen molar-refractivity contribution in [1.82, 2.24) is 29.8 Å². The Bertz CT molecular complexity index is 2980. The van der Waals surface area contributed by atoms with Crippen molar-refractivity contribution in [3.05, 3.63) is 102 Å². The number of fused-ring (bicyclic) bond motifs is 4. The second kappa shape index (κ2) is 31.5. The van der Waals surface area contributed by atoms with Crippen LogP contribution in [0.5, 0.6) is 11.5 Å². The van der Waals surface area contributed by atoms with Crippen LogP contribution in [-0.2, 0) is 70.3 Å². The van der Waals surface area contributed by atoms with Crippen LogP contribution in [-0.4, -0.2) is 175 Å². The van der Waals surface area contributed by atoms with Crippen LogP contribution in [0.1, 0.15) is 129 Å². The number of carbonyl (C=O) groups excluding carboxylic acids is 10. The van der Waals surface area contributed by atoms with E-state index in [-0.39, 0.29) is 76.4 Å². The number of hydrogen-bond acceptors (Lipinski definition) is 14. The number of hydrogen-bond donors (Lipinski definition) is 2. The Morgan fingerprint density at radius 2 is 1.40 bits per heavy atom. The molecule has 21 nitrogen and oxygen atoms in total. The zero-order chi connectivity index (χ0) is 63.7. The number of piperidine rings is 1. The molecule has 3 aromatic rings. The molecule has 2 fully saturated rings. The van der Waals surface area contributed by atoms with Crippen molar-refractivity contribution in [2.45, 2.75) is 155 Å². The van der Waals surface area contributed by atoms with Gasteiger partial charge in [-0.2, -0.15) is 0 Å². The molecule has 2 bridgehead atoms. The summed E-state index contributed by atoms with van der Waals surface area (Å²) in [6, 6.07) is 16.1. The number of Topliss-reactive ketones (excluding diaryl/α,β-unsaturated/α-hetero) is 1. The molecule has 0 aliphatic carbocycles. The molecule has 0 unspecified atom stereocenters. The third kappa shape index (κ3) is 18.2. The van der Waals surface area contributed by atoms with Gasteiger partial charge < -0.3 is 54.1 Å². The molecule has 6 rings (SSSR count). The molecule has 0 aromatic heterocycles. The van der Waals surface area contributed by atoms with Crippen LogP contribution in [0.2, 0.25) is 0 Å². The second-order valence-electron chi connectivity index (χ2n) is 24.3. The van der Waals surface area contributed by atoms with E-state index in [9.17, 15) is 47.9 Å². The van der Waals surface area contributed by atoms with Gasteiger partial charge in [-0.25, -0.2) is 9.59 Å². The number of rotatable bonds is 10. The fraction of sp³-hybridized carbons (Fsp3) is 0.545. The van der Waals surface area contributed by atoms with Crippen molar-refractivity contribution in [2.75, 3.05) is 66.9 Å². The van der Waals surface area contributed by atoms with Gasteiger partial charge in [0, 0.05) is 71.8 Å². The Morgan fingerprint density at radius 3 is 2.09 bits per heavy atom. The number of methoxy groups -OCH3 is 2. The van der Waals surface area contributed by atoms with Crippen molar-refractivity contribution >= 4 is 64.8 Å². The zero-order valence-electron chi connectivity index (χ0n) is 52.5. The largest absolute Gasteiger partial charge is 0.493 e. The highest BCUT2D eigenvalue weighted by molar-refractivity contribution is 6.38. The summed E-state index contributed by atoms with van der Waals surface area (Å²) < 4.78 is 22.8. The molecule has 7 amide bonds. The number of nitrogens with one attached hydrogen (secondary N) is 2. The van der Waals surface area contributed by atoms with E-state index in [1.165, 1.54) is 78.8 Å². The quantitative estimate of drug-likeness (QED) is 0.159. The smallest absolute Gasteiger partial charge is 0.330 e. The lowest BCUT2D eigenvalue weighted by atomic mass is 9.87. The Morgan fingerprint density at radius 1 is 0.701 bits per heavy atom. The van der Waals surface area contributed by atoms with Gasteiger partial charge in [-0.15, -0.1) is 0 Å². The van der Waals surface area contributed by atoms with Crippen LogP contribution >= 0.6 is 0 Å². The maximum Gasteiger partial charge on any atom is 0.330 e. The molecule has 472 valence electrons. The van der Waals surface area contributed by atoms with Gasteiger partial charge in [0.15, 0.2) is 11.5 Å². The van der Waals surface area contributed by atoms with E-state index < -0.39 is 107 Å². The molecule has 0 spiro atoms. The van der Waals surface area contributed by atoms with E-state index in [0.29, 0.717) is 54.9 Å². The summed E-state index contributed by atoms with van der Waals surface area (Å²) in [4.78, 5) is 149. The minimum atomic E-state index is -1.50. The summed E-state index contributed by atoms with van der Waals surface area (Å²) in [5.74, 6) is -5.70. The van der Waals surface area contributed by atoms with Crippen LogP contribution in [0.15, 0.2) is 84.9 Å². The number of ketones is 1. The van der Waals surface area contributed by atoms with Gasteiger partial charge in [-0.05, 0) is 124 Å². The molecule has 0 saturated carbocycles. The number of likely N-dealkylation sites (N-methyl/N-ethyl adjacent to an activating group) is 3. The van der Waals surface area contributed by atoms with Crippen LogP contribution < -0.4 is 20.1 Å². The lowest BCUT2D eigenvalue weighted by Gasteiger charge is -2.38. The molecule has 3 heterocycles. The molecule has 21 heteroatoms. The number of aryl methyl sites for hydroxylation is 1. The first-order valence-electron chi connectivity index (χ1n) is 30.3. The SMILES string of the molecule is COc1ccc(CC[C@H]2OC(=O)[C@@H]3CCCCN3C(=O)C(=O)C(C)(C)COC(=O)C=CCCN(C)C(=O)[C@@H]3CCCN3C(=O)[C@H](C(C)C)N(C)C(=O)[C@@H](Cc3ccccc3)NC(=O)[C@H](CC(C)C)N(C)C(=O)CCC(=O)Nc3cccc2c3)cc1OC. The number of anilines is 1. The van der Waals surface area contributed by atoms with Crippen molar-refractivity contribution in [2.24, 2.45) is 17.3 Å². The van der Waals surface area contributed by atoms with Crippen molar-refractivity contribution in [3.8, 4) is 11.5 Å². The molecular weight excluding hydrogens is 1110 g/mol. The summed E-state index contributed by atoms with van der Waals surface area (Å²) in [6.45, 7) is 10.5. The van der Waals surface area contributed by atoms with Crippen molar-refractivity contribution < 1.29 is 66.9 Å². The number of cyclic esters (lactones) is 2. The first-order valence-corrected chi connectivity index (χ1v) is 30.3. The monoisotopic (exact) mass is 1200 g/mol. The van der Waals surface area contributed by atoms with E-state index in [4.69, 9.17) is 18.9 Å². The number of carbonyl (C=O) groups is 10. The van der Waals surface area contributed by atoms with Gasteiger partial charge in [0.2, 0.25) is 41.2 Å². The minimum absolute atomic E-state index is 0.0584. The average Bonchev–Trinajstić information content (AvgIpc) is 2.19. The Labute approximate surface area is 511 Å². The molecular formula is C66H89N7O14. The molecule has 3 aromatic carbocycles. The van der Waals surface area contributed by atoms with Gasteiger partial charge >= 0.3 is 11.9 Å². The topological polar surface area (TPSA) is 248 Å². The lowest BCUT2D eigenvalue weighted by Crippen LogP contribution is -2.60. The van der Waals surface area contributed by atoms with Gasteiger partial charge in [0.05, 0.1) is 19.6 Å². The second-order valence-corrected chi connectivity index (χ2v) is 24.3.